The zero-order valence-electron chi connectivity index (χ0n) is 11.5. The van der Waals surface area contributed by atoms with Crippen LogP contribution in [0.4, 0.5) is 5.69 Å². The molecule has 1 atom stereocenters. The van der Waals surface area contributed by atoms with Crippen molar-refractivity contribution in [3.05, 3.63) is 29.8 Å². The van der Waals surface area contributed by atoms with Crippen molar-refractivity contribution in [2.24, 2.45) is 10.7 Å². The highest BCUT2D eigenvalue weighted by molar-refractivity contribution is 5.69. The Morgan fingerprint density at radius 3 is 2.78 bits per heavy atom. The smallest absolute Gasteiger partial charge is 0.0655 e. The Labute approximate surface area is 111 Å². The number of aryl methyl sites for hydroxylation is 1. The van der Waals surface area contributed by atoms with E-state index in [2.05, 4.69) is 30.2 Å². The van der Waals surface area contributed by atoms with Crippen LogP contribution in [0.2, 0.25) is 0 Å². The van der Waals surface area contributed by atoms with Crippen molar-refractivity contribution in [3.8, 4) is 0 Å². The highest BCUT2D eigenvalue weighted by atomic mass is 14.9. The summed E-state index contributed by atoms with van der Waals surface area (Å²) in [6, 6.07) is 8.48. The first-order valence-corrected chi connectivity index (χ1v) is 6.77. The quantitative estimate of drug-likeness (QED) is 0.548. The number of nitrogens with two attached hydrogens (primary N) is 1. The zero-order valence-corrected chi connectivity index (χ0v) is 11.5. The van der Waals surface area contributed by atoms with Crippen molar-refractivity contribution in [2.45, 2.75) is 39.2 Å². The molecule has 1 aromatic rings. The highest BCUT2D eigenvalue weighted by Crippen LogP contribution is 2.16. The van der Waals surface area contributed by atoms with Crippen LogP contribution in [0.5, 0.6) is 0 Å². The van der Waals surface area contributed by atoms with Crippen LogP contribution in [0.15, 0.2) is 29.3 Å². The van der Waals surface area contributed by atoms with Crippen LogP contribution in [-0.2, 0) is 0 Å². The van der Waals surface area contributed by atoms with Crippen LogP contribution >= 0.6 is 0 Å². The van der Waals surface area contributed by atoms with E-state index in [1.807, 2.05) is 24.4 Å². The van der Waals surface area contributed by atoms with Crippen LogP contribution in [0, 0.1) is 6.92 Å². The van der Waals surface area contributed by atoms with Crippen molar-refractivity contribution in [2.75, 3.05) is 13.1 Å². The van der Waals surface area contributed by atoms with Crippen LogP contribution in [0.25, 0.3) is 0 Å². The van der Waals surface area contributed by atoms with Crippen molar-refractivity contribution >= 4 is 11.9 Å². The second kappa shape index (κ2) is 8.84. The lowest BCUT2D eigenvalue weighted by Gasteiger charge is -2.08. The molecule has 0 fully saturated rings. The maximum Gasteiger partial charge on any atom is 0.0655 e. The molecular formula is C15H25N3. The molecular weight excluding hydrogens is 222 g/mol. The van der Waals surface area contributed by atoms with Crippen LogP contribution in [0.1, 0.15) is 31.7 Å². The van der Waals surface area contributed by atoms with Crippen molar-refractivity contribution in [3.63, 3.8) is 0 Å². The zero-order chi connectivity index (χ0) is 13.2. The number of benzene rings is 1. The molecule has 0 amide bonds. The molecule has 1 unspecified atom stereocenters. The fourth-order valence-electron chi connectivity index (χ4n) is 1.73. The third kappa shape index (κ3) is 5.94. The summed E-state index contributed by atoms with van der Waals surface area (Å²) in [5.74, 6) is 0. The molecule has 0 saturated carbocycles. The number of hydrogen-bond donors (Lipinski definition) is 2. The SMILES string of the molecule is Cc1ccccc1/N=C\C(C)NCCCCCN. The van der Waals surface area contributed by atoms with Crippen molar-refractivity contribution in [1.82, 2.24) is 5.32 Å². The maximum absolute atomic E-state index is 5.46. The van der Waals surface area contributed by atoms with Gasteiger partial charge in [-0.15, -0.1) is 0 Å². The molecule has 0 aliphatic heterocycles. The maximum atomic E-state index is 5.46. The topological polar surface area (TPSA) is 50.4 Å². The fraction of sp³-hybridized carbons (Fsp3) is 0.533. The van der Waals surface area contributed by atoms with Gasteiger partial charge in [0.15, 0.2) is 0 Å². The minimum absolute atomic E-state index is 0.308. The summed E-state index contributed by atoms with van der Waals surface area (Å²) >= 11 is 0. The van der Waals surface area contributed by atoms with E-state index in [9.17, 15) is 0 Å². The summed E-state index contributed by atoms with van der Waals surface area (Å²) in [6.07, 6.45) is 5.48. The van der Waals surface area contributed by atoms with E-state index in [1.165, 1.54) is 18.4 Å². The molecule has 3 N–H and O–H groups in total. The van der Waals surface area contributed by atoms with Gasteiger partial charge in [0.25, 0.3) is 0 Å². The van der Waals surface area contributed by atoms with E-state index < -0.39 is 0 Å². The van der Waals surface area contributed by atoms with Crippen LogP contribution < -0.4 is 11.1 Å². The second-order valence-electron chi connectivity index (χ2n) is 4.66. The predicted molar refractivity (Wildman–Crippen MR) is 79.7 cm³/mol. The van der Waals surface area contributed by atoms with Crippen LogP contribution in [0.3, 0.4) is 0 Å². The van der Waals surface area contributed by atoms with Gasteiger partial charge in [0.05, 0.1) is 5.69 Å². The number of aliphatic imine (C=N–C) groups is 1. The molecule has 1 rings (SSSR count). The first-order valence-electron chi connectivity index (χ1n) is 6.77. The Bertz CT molecular complexity index is 361. The molecule has 0 aliphatic carbocycles. The van der Waals surface area contributed by atoms with Gasteiger partial charge in [-0.3, -0.25) is 4.99 Å². The Hall–Kier alpha value is -1.19. The monoisotopic (exact) mass is 247 g/mol. The molecule has 3 nitrogen and oxygen atoms in total. The highest BCUT2D eigenvalue weighted by Gasteiger charge is 1.97. The summed E-state index contributed by atoms with van der Waals surface area (Å²) in [5, 5.41) is 3.44. The fourth-order valence-corrected chi connectivity index (χ4v) is 1.73. The summed E-state index contributed by atoms with van der Waals surface area (Å²) < 4.78 is 0. The van der Waals surface area contributed by atoms with E-state index in [0.29, 0.717) is 6.04 Å². The molecule has 0 aliphatic rings. The molecule has 0 spiro atoms. The molecule has 1 aromatic carbocycles. The van der Waals surface area contributed by atoms with Crippen molar-refractivity contribution < 1.29 is 0 Å². The lowest BCUT2D eigenvalue weighted by molar-refractivity contribution is 0.594. The number of unbranched alkanes of at least 4 members (excludes halogenated alkanes) is 2. The first kappa shape index (κ1) is 14.9. The number of hydrogen-bond acceptors (Lipinski definition) is 3. The lowest BCUT2D eigenvalue weighted by atomic mass is 10.2. The van der Waals surface area contributed by atoms with E-state index >= 15 is 0 Å². The molecule has 3 heteroatoms. The van der Waals surface area contributed by atoms with Gasteiger partial charge in [0.1, 0.15) is 0 Å². The third-order valence-electron chi connectivity index (χ3n) is 2.90. The Morgan fingerprint density at radius 2 is 2.06 bits per heavy atom. The molecule has 18 heavy (non-hydrogen) atoms. The first-order chi connectivity index (χ1) is 8.74. The van der Waals surface area contributed by atoms with Gasteiger partial charge >= 0.3 is 0 Å². The Kier molecular flexibility index (Phi) is 7.30. The third-order valence-corrected chi connectivity index (χ3v) is 2.90. The largest absolute Gasteiger partial charge is 0.330 e. The van der Waals surface area contributed by atoms with Gasteiger partial charge in [0, 0.05) is 12.3 Å². The van der Waals surface area contributed by atoms with E-state index in [0.717, 1.165) is 25.2 Å². The number of nitrogens with zero attached hydrogens (tertiary/aromatic N) is 1. The number of rotatable bonds is 8. The van der Waals surface area contributed by atoms with Gasteiger partial charge in [-0.05, 0) is 51.4 Å². The normalized spacial score (nSPS) is 13.1. The molecule has 0 saturated heterocycles. The number of nitrogens with one attached hydrogen (secondary N) is 1. The minimum atomic E-state index is 0.308. The molecule has 0 aromatic heterocycles. The van der Waals surface area contributed by atoms with Gasteiger partial charge in [0.2, 0.25) is 0 Å². The average Bonchev–Trinajstić information content (AvgIpc) is 2.37. The Balaban J connectivity index is 2.27. The molecule has 100 valence electrons. The molecule has 0 radical (unpaired) electrons. The number of para-hydroxylation sites is 1. The van der Waals surface area contributed by atoms with Gasteiger partial charge in [-0.25, -0.2) is 0 Å². The van der Waals surface area contributed by atoms with Crippen molar-refractivity contribution in [1.29, 1.82) is 0 Å². The minimum Gasteiger partial charge on any atom is -0.330 e. The summed E-state index contributed by atoms with van der Waals surface area (Å²) in [6.45, 7) is 6.04. The van der Waals surface area contributed by atoms with Gasteiger partial charge < -0.3 is 11.1 Å². The van der Waals surface area contributed by atoms with Gasteiger partial charge in [-0.1, -0.05) is 24.6 Å². The predicted octanol–water partition coefficient (Wildman–Crippen LogP) is 2.80. The second-order valence-corrected chi connectivity index (χ2v) is 4.66. The molecule has 0 heterocycles. The summed E-state index contributed by atoms with van der Waals surface area (Å²) in [4.78, 5) is 4.51. The van der Waals surface area contributed by atoms with Crippen LogP contribution in [-0.4, -0.2) is 25.3 Å². The van der Waals surface area contributed by atoms with E-state index in [4.69, 9.17) is 5.73 Å². The lowest BCUT2D eigenvalue weighted by Crippen LogP contribution is -2.28. The van der Waals surface area contributed by atoms with E-state index in [-0.39, 0.29) is 0 Å². The summed E-state index contributed by atoms with van der Waals surface area (Å²) in [7, 11) is 0. The van der Waals surface area contributed by atoms with Gasteiger partial charge in [-0.2, -0.15) is 0 Å². The average molecular weight is 247 g/mol. The van der Waals surface area contributed by atoms with E-state index in [1.54, 1.807) is 0 Å². The standard InChI is InChI=1S/C15H25N3/c1-13-8-4-5-9-15(13)18-12-14(2)17-11-7-3-6-10-16/h4-5,8-9,12,14,17H,3,6-7,10-11,16H2,1-2H3/b18-12-. The molecule has 0 bridgehead atoms. The summed E-state index contributed by atoms with van der Waals surface area (Å²) in [5.41, 5.74) is 7.72. The Morgan fingerprint density at radius 1 is 1.28 bits per heavy atom.